The molecule has 1 atom stereocenters. The molecule has 1 saturated heterocycles. The lowest BCUT2D eigenvalue weighted by Gasteiger charge is -2.29. The molecule has 0 unspecified atom stereocenters. The van der Waals surface area contributed by atoms with Crippen molar-refractivity contribution in [2.75, 3.05) is 26.2 Å². The SMILES string of the molecule is O=C(NCCN1CCc2c(Cl)cccc2C1)[C@@H]1CCCO1. The minimum Gasteiger partial charge on any atom is -0.368 e. The van der Waals surface area contributed by atoms with Gasteiger partial charge in [-0.15, -0.1) is 0 Å². The fraction of sp³-hybridized carbons (Fsp3) is 0.562. The third-order valence-electron chi connectivity index (χ3n) is 4.24. The summed E-state index contributed by atoms with van der Waals surface area (Å²) in [7, 11) is 0. The van der Waals surface area contributed by atoms with E-state index in [0.29, 0.717) is 13.2 Å². The van der Waals surface area contributed by atoms with Gasteiger partial charge in [-0.05, 0) is 36.5 Å². The Morgan fingerprint density at radius 2 is 2.38 bits per heavy atom. The summed E-state index contributed by atoms with van der Waals surface area (Å²) < 4.78 is 5.38. The number of fused-ring (bicyclic) bond motifs is 1. The van der Waals surface area contributed by atoms with Crippen molar-refractivity contribution in [3.8, 4) is 0 Å². The topological polar surface area (TPSA) is 41.6 Å². The predicted octanol–water partition coefficient (Wildman–Crippen LogP) is 1.99. The van der Waals surface area contributed by atoms with Crippen molar-refractivity contribution < 1.29 is 9.53 Å². The number of halogens is 1. The molecule has 2 heterocycles. The average molecular weight is 309 g/mol. The van der Waals surface area contributed by atoms with Gasteiger partial charge in [0, 0.05) is 37.8 Å². The lowest BCUT2D eigenvalue weighted by atomic mass is 10.00. The summed E-state index contributed by atoms with van der Waals surface area (Å²) in [6, 6.07) is 6.10. The smallest absolute Gasteiger partial charge is 0.249 e. The number of carbonyl (C=O) groups excluding carboxylic acids is 1. The van der Waals surface area contributed by atoms with E-state index in [9.17, 15) is 4.79 Å². The van der Waals surface area contributed by atoms with Gasteiger partial charge >= 0.3 is 0 Å². The molecule has 0 spiro atoms. The maximum absolute atomic E-state index is 11.9. The summed E-state index contributed by atoms with van der Waals surface area (Å²) in [4.78, 5) is 14.2. The standard InChI is InChI=1S/C16H21ClN2O2/c17-14-4-1-3-12-11-19(8-6-13(12)14)9-7-18-16(20)15-5-2-10-21-15/h1,3-4,15H,2,5-11H2,(H,18,20)/t15-/m0/s1. The Morgan fingerprint density at radius 3 is 3.19 bits per heavy atom. The summed E-state index contributed by atoms with van der Waals surface area (Å²) in [6.07, 6.45) is 2.59. The highest BCUT2D eigenvalue weighted by molar-refractivity contribution is 6.31. The summed E-state index contributed by atoms with van der Waals surface area (Å²) in [6.45, 7) is 4.15. The number of amides is 1. The first kappa shape index (κ1) is 14.8. The van der Waals surface area contributed by atoms with Crippen LogP contribution in [0.25, 0.3) is 0 Å². The molecule has 21 heavy (non-hydrogen) atoms. The molecular weight excluding hydrogens is 288 g/mol. The molecule has 0 saturated carbocycles. The molecule has 5 heteroatoms. The Bertz CT molecular complexity index is 515. The van der Waals surface area contributed by atoms with Crippen LogP contribution in [-0.2, 0) is 22.5 Å². The highest BCUT2D eigenvalue weighted by atomic mass is 35.5. The van der Waals surface area contributed by atoms with Crippen molar-refractivity contribution in [3.05, 3.63) is 34.3 Å². The average Bonchev–Trinajstić information content (AvgIpc) is 3.01. The van der Waals surface area contributed by atoms with Crippen molar-refractivity contribution in [2.24, 2.45) is 0 Å². The molecule has 1 aromatic carbocycles. The molecule has 1 aromatic rings. The van der Waals surface area contributed by atoms with Gasteiger partial charge in [0.1, 0.15) is 6.10 Å². The Labute approximate surface area is 130 Å². The molecule has 0 aromatic heterocycles. The lowest BCUT2D eigenvalue weighted by Crippen LogP contribution is -2.41. The van der Waals surface area contributed by atoms with Crippen LogP contribution in [-0.4, -0.2) is 43.2 Å². The van der Waals surface area contributed by atoms with E-state index in [1.807, 2.05) is 12.1 Å². The maximum Gasteiger partial charge on any atom is 0.249 e. The molecule has 3 rings (SSSR count). The van der Waals surface area contributed by atoms with Gasteiger partial charge < -0.3 is 10.1 Å². The largest absolute Gasteiger partial charge is 0.368 e. The molecule has 2 aliphatic heterocycles. The minimum absolute atomic E-state index is 0.0351. The Hall–Kier alpha value is -1.10. The van der Waals surface area contributed by atoms with E-state index in [1.165, 1.54) is 11.1 Å². The Balaban J connectivity index is 1.46. The minimum atomic E-state index is -0.231. The number of nitrogens with zero attached hydrogens (tertiary/aromatic N) is 1. The Morgan fingerprint density at radius 1 is 1.48 bits per heavy atom. The number of benzene rings is 1. The van der Waals surface area contributed by atoms with Gasteiger partial charge in [0.15, 0.2) is 0 Å². The number of hydrogen-bond donors (Lipinski definition) is 1. The second-order valence-electron chi connectivity index (χ2n) is 5.70. The van der Waals surface area contributed by atoms with Crippen LogP contribution in [0, 0.1) is 0 Å². The van der Waals surface area contributed by atoms with Gasteiger partial charge in [0.2, 0.25) is 5.91 Å². The molecule has 2 aliphatic rings. The van der Waals surface area contributed by atoms with Gasteiger partial charge in [0.05, 0.1) is 0 Å². The molecule has 1 fully saturated rings. The zero-order valence-electron chi connectivity index (χ0n) is 12.1. The van der Waals surface area contributed by atoms with Crippen molar-refractivity contribution in [3.63, 3.8) is 0 Å². The van der Waals surface area contributed by atoms with E-state index in [2.05, 4.69) is 16.3 Å². The van der Waals surface area contributed by atoms with Crippen molar-refractivity contribution in [1.29, 1.82) is 0 Å². The molecule has 4 nitrogen and oxygen atoms in total. The van der Waals surface area contributed by atoms with Crippen molar-refractivity contribution in [1.82, 2.24) is 10.2 Å². The van der Waals surface area contributed by atoms with E-state index in [0.717, 1.165) is 43.9 Å². The fourth-order valence-corrected chi connectivity index (χ4v) is 3.34. The van der Waals surface area contributed by atoms with E-state index in [4.69, 9.17) is 16.3 Å². The molecule has 1 amide bonds. The van der Waals surface area contributed by atoms with Crippen LogP contribution in [0.4, 0.5) is 0 Å². The third kappa shape index (κ3) is 3.57. The van der Waals surface area contributed by atoms with Crippen LogP contribution in [0.15, 0.2) is 18.2 Å². The molecule has 0 bridgehead atoms. The normalized spacial score (nSPS) is 22.0. The third-order valence-corrected chi connectivity index (χ3v) is 4.59. The number of hydrogen-bond acceptors (Lipinski definition) is 3. The van der Waals surface area contributed by atoms with Crippen LogP contribution in [0.3, 0.4) is 0 Å². The van der Waals surface area contributed by atoms with Crippen LogP contribution in [0.1, 0.15) is 24.0 Å². The highest BCUT2D eigenvalue weighted by Crippen LogP contribution is 2.25. The Kier molecular flexibility index (Phi) is 4.78. The molecule has 0 radical (unpaired) electrons. The van der Waals surface area contributed by atoms with Crippen LogP contribution in [0.5, 0.6) is 0 Å². The van der Waals surface area contributed by atoms with E-state index in [-0.39, 0.29) is 12.0 Å². The molecular formula is C16H21ClN2O2. The monoisotopic (exact) mass is 308 g/mol. The van der Waals surface area contributed by atoms with E-state index < -0.39 is 0 Å². The number of rotatable bonds is 4. The zero-order valence-corrected chi connectivity index (χ0v) is 12.9. The fourth-order valence-electron chi connectivity index (χ4n) is 3.05. The van der Waals surface area contributed by atoms with Gasteiger partial charge in [-0.2, -0.15) is 0 Å². The van der Waals surface area contributed by atoms with E-state index >= 15 is 0 Å². The maximum atomic E-state index is 11.9. The van der Waals surface area contributed by atoms with Crippen LogP contribution >= 0.6 is 11.6 Å². The second kappa shape index (κ2) is 6.77. The first-order chi connectivity index (χ1) is 10.2. The molecule has 1 N–H and O–H groups in total. The summed E-state index contributed by atoms with van der Waals surface area (Å²) >= 11 is 6.22. The first-order valence-electron chi connectivity index (χ1n) is 7.62. The number of nitrogens with one attached hydrogen (secondary N) is 1. The molecule has 114 valence electrons. The van der Waals surface area contributed by atoms with Crippen molar-refractivity contribution >= 4 is 17.5 Å². The quantitative estimate of drug-likeness (QED) is 0.925. The zero-order chi connectivity index (χ0) is 14.7. The van der Waals surface area contributed by atoms with Crippen molar-refractivity contribution in [2.45, 2.75) is 31.9 Å². The highest BCUT2D eigenvalue weighted by Gasteiger charge is 2.23. The summed E-state index contributed by atoms with van der Waals surface area (Å²) in [5, 5.41) is 3.85. The molecule has 0 aliphatic carbocycles. The summed E-state index contributed by atoms with van der Waals surface area (Å²) in [5.41, 5.74) is 2.58. The van der Waals surface area contributed by atoms with Crippen LogP contribution < -0.4 is 5.32 Å². The number of carbonyl (C=O) groups is 1. The van der Waals surface area contributed by atoms with Gasteiger partial charge in [-0.25, -0.2) is 0 Å². The van der Waals surface area contributed by atoms with Gasteiger partial charge in [-0.3, -0.25) is 9.69 Å². The second-order valence-corrected chi connectivity index (χ2v) is 6.10. The predicted molar refractivity (Wildman–Crippen MR) is 82.4 cm³/mol. The first-order valence-corrected chi connectivity index (χ1v) is 8.00. The van der Waals surface area contributed by atoms with Gasteiger partial charge in [-0.1, -0.05) is 23.7 Å². The number of ether oxygens (including phenoxy) is 1. The lowest BCUT2D eigenvalue weighted by molar-refractivity contribution is -0.130. The van der Waals surface area contributed by atoms with Gasteiger partial charge in [0.25, 0.3) is 0 Å². The van der Waals surface area contributed by atoms with E-state index in [1.54, 1.807) is 0 Å². The van der Waals surface area contributed by atoms with Crippen LogP contribution in [0.2, 0.25) is 5.02 Å². The summed E-state index contributed by atoms with van der Waals surface area (Å²) in [5.74, 6) is 0.0351.